The molecule has 0 bridgehead atoms. The Labute approximate surface area is 166 Å². The van der Waals surface area contributed by atoms with Gasteiger partial charge in [-0.2, -0.15) is 0 Å². The van der Waals surface area contributed by atoms with Crippen molar-refractivity contribution in [3.8, 4) is 11.1 Å². The highest BCUT2D eigenvalue weighted by Gasteiger charge is 2.12. The van der Waals surface area contributed by atoms with Crippen LogP contribution in [0.1, 0.15) is 22.3 Å². The van der Waals surface area contributed by atoms with Crippen molar-refractivity contribution in [2.24, 2.45) is 0 Å². The van der Waals surface area contributed by atoms with E-state index in [1.807, 2.05) is 0 Å². The van der Waals surface area contributed by atoms with E-state index in [-0.39, 0.29) is 0 Å². The highest BCUT2D eigenvalue weighted by Crippen LogP contribution is 2.37. The Morgan fingerprint density at radius 1 is 0.464 bits per heavy atom. The first kappa shape index (κ1) is 17.0. The predicted octanol–water partition coefficient (Wildman–Crippen LogP) is 8.05. The zero-order chi connectivity index (χ0) is 19.4. The lowest BCUT2D eigenvalue weighted by atomic mass is 9.88. The molecule has 5 rings (SSSR count). The van der Waals surface area contributed by atoms with Gasteiger partial charge in [-0.3, -0.25) is 0 Å². The third-order valence-corrected chi connectivity index (χ3v) is 6.27. The van der Waals surface area contributed by atoms with Crippen LogP contribution in [0.15, 0.2) is 72.8 Å². The van der Waals surface area contributed by atoms with E-state index in [1.165, 1.54) is 65.7 Å². The highest BCUT2D eigenvalue weighted by molar-refractivity contribution is 6.07. The third kappa shape index (κ3) is 2.60. The molecule has 0 nitrogen and oxygen atoms in total. The zero-order valence-corrected chi connectivity index (χ0v) is 16.9. The predicted molar refractivity (Wildman–Crippen MR) is 123 cm³/mol. The molecule has 0 saturated carbocycles. The summed E-state index contributed by atoms with van der Waals surface area (Å²) in [4.78, 5) is 0. The lowest BCUT2D eigenvalue weighted by molar-refractivity contribution is 1.36. The van der Waals surface area contributed by atoms with E-state index >= 15 is 0 Å². The standard InChI is InChI=1S/C28H24/c1-17-11-24-15-26-13-19(3)20(4)28(27(26)16-25(24)12-18(17)2)23-10-9-21-7-5-6-8-22(21)14-23/h5-16H,1-4H3. The van der Waals surface area contributed by atoms with E-state index in [0.29, 0.717) is 0 Å². The quantitative estimate of drug-likeness (QED) is 0.265. The minimum atomic E-state index is 1.29. The molecule has 136 valence electrons. The lowest BCUT2D eigenvalue weighted by Gasteiger charge is -2.16. The molecule has 0 saturated heterocycles. The maximum Gasteiger partial charge on any atom is -0.00730 e. The van der Waals surface area contributed by atoms with Gasteiger partial charge in [0.1, 0.15) is 0 Å². The van der Waals surface area contributed by atoms with Crippen LogP contribution in [0.3, 0.4) is 0 Å². The second-order valence-corrected chi connectivity index (χ2v) is 8.11. The summed E-state index contributed by atoms with van der Waals surface area (Å²) in [6, 6.07) is 27.2. The normalized spacial score (nSPS) is 11.6. The minimum Gasteiger partial charge on any atom is -0.0616 e. The second kappa shape index (κ2) is 6.21. The molecule has 0 heteroatoms. The van der Waals surface area contributed by atoms with Gasteiger partial charge < -0.3 is 0 Å². The van der Waals surface area contributed by atoms with Crippen LogP contribution in [0.4, 0.5) is 0 Å². The fourth-order valence-corrected chi connectivity index (χ4v) is 4.39. The fraction of sp³-hybridized carbons (Fsp3) is 0.143. The molecule has 28 heavy (non-hydrogen) atoms. The van der Waals surface area contributed by atoms with Crippen LogP contribution in [-0.2, 0) is 0 Å². The van der Waals surface area contributed by atoms with Crippen LogP contribution in [-0.4, -0.2) is 0 Å². The molecule has 0 heterocycles. The summed E-state index contributed by atoms with van der Waals surface area (Å²) in [6.45, 7) is 8.87. The maximum atomic E-state index is 2.38. The van der Waals surface area contributed by atoms with Gasteiger partial charge >= 0.3 is 0 Å². The molecule has 5 aromatic carbocycles. The van der Waals surface area contributed by atoms with Crippen molar-refractivity contribution in [3.63, 3.8) is 0 Å². The van der Waals surface area contributed by atoms with Crippen molar-refractivity contribution in [3.05, 3.63) is 95.1 Å². The number of rotatable bonds is 1. The van der Waals surface area contributed by atoms with Crippen LogP contribution < -0.4 is 0 Å². The summed E-state index contributed by atoms with van der Waals surface area (Å²) in [7, 11) is 0. The summed E-state index contributed by atoms with van der Waals surface area (Å²) in [5.41, 5.74) is 8.08. The summed E-state index contributed by atoms with van der Waals surface area (Å²) >= 11 is 0. The Hall–Kier alpha value is -3.12. The van der Waals surface area contributed by atoms with Crippen LogP contribution in [0.25, 0.3) is 43.4 Å². The number of fused-ring (bicyclic) bond motifs is 3. The topological polar surface area (TPSA) is 0 Å². The summed E-state index contributed by atoms with van der Waals surface area (Å²) < 4.78 is 0. The van der Waals surface area contributed by atoms with Gasteiger partial charge in [-0.15, -0.1) is 0 Å². The van der Waals surface area contributed by atoms with Crippen molar-refractivity contribution >= 4 is 32.3 Å². The molecule has 0 atom stereocenters. The van der Waals surface area contributed by atoms with E-state index in [9.17, 15) is 0 Å². The van der Waals surface area contributed by atoms with Crippen LogP contribution in [0, 0.1) is 27.7 Å². The summed E-state index contributed by atoms with van der Waals surface area (Å²) in [5.74, 6) is 0. The first-order chi connectivity index (χ1) is 13.5. The summed E-state index contributed by atoms with van der Waals surface area (Å²) in [5, 5.41) is 7.89. The summed E-state index contributed by atoms with van der Waals surface area (Å²) in [6.07, 6.45) is 0. The molecule has 0 amide bonds. The molecule has 0 N–H and O–H groups in total. The van der Waals surface area contributed by atoms with Crippen LogP contribution in [0.5, 0.6) is 0 Å². The van der Waals surface area contributed by atoms with Crippen molar-refractivity contribution < 1.29 is 0 Å². The molecule has 0 aromatic heterocycles. The van der Waals surface area contributed by atoms with Crippen molar-refractivity contribution in [2.45, 2.75) is 27.7 Å². The van der Waals surface area contributed by atoms with E-state index < -0.39 is 0 Å². The van der Waals surface area contributed by atoms with Crippen LogP contribution >= 0.6 is 0 Å². The van der Waals surface area contributed by atoms with Crippen molar-refractivity contribution in [1.29, 1.82) is 0 Å². The zero-order valence-electron chi connectivity index (χ0n) is 16.9. The highest BCUT2D eigenvalue weighted by atomic mass is 14.2. The Bertz CT molecular complexity index is 1390. The number of hydrogen-bond acceptors (Lipinski definition) is 0. The molecule has 0 aliphatic rings. The van der Waals surface area contributed by atoms with Gasteiger partial charge in [-0.05, 0) is 112 Å². The van der Waals surface area contributed by atoms with E-state index in [4.69, 9.17) is 0 Å². The smallest absolute Gasteiger partial charge is 0.00730 e. The molecular formula is C28H24. The van der Waals surface area contributed by atoms with E-state index in [2.05, 4.69) is 100 Å². The molecule has 0 fully saturated rings. The van der Waals surface area contributed by atoms with Gasteiger partial charge in [0, 0.05) is 0 Å². The molecule has 0 radical (unpaired) electrons. The van der Waals surface area contributed by atoms with Gasteiger partial charge in [-0.1, -0.05) is 54.6 Å². The van der Waals surface area contributed by atoms with Gasteiger partial charge in [0.15, 0.2) is 0 Å². The first-order valence-corrected chi connectivity index (χ1v) is 9.95. The Morgan fingerprint density at radius 2 is 1.11 bits per heavy atom. The molecule has 0 unspecified atom stereocenters. The number of aryl methyl sites for hydroxylation is 3. The monoisotopic (exact) mass is 360 g/mol. The molecule has 0 aliphatic carbocycles. The van der Waals surface area contributed by atoms with Gasteiger partial charge in [-0.25, -0.2) is 0 Å². The second-order valence-electron chi connectivity index (χ2n) is 8.11. The Kier molecular flexibility index (Phi) is 3.77. The molecule has 0 aliphatic heterocycles. The molecule has 5 aromatic rings. The molecule has 0 spiro atoms. The Balaban J connectivity index is 1.88. The average molecular weight is 361 g/mol. The number of benzene rings is 5. The largest absolute Gasteiger partial charge is 0.0616 e. The van der Waals surface area contributed by atoms with E-state index in [1.54, 1.807) is 0 Å². The van der Waals surface area contributed by atoms with Gasteiger partial charge in [0.25, 0.3) is 0 Å². The fourth-order valence-electron chi connectivity index (χ4n) is 4.39. The van der Waals surface area contributed by atoms with Crippen molar-refractivity contribution in [2.75, 3.05) is 0 Å². The van der Waals surface area contributed by atoms with Crippen LogP contribution in [0.2, 0.25) is 0 Å². The molecular weight excluding hydrogens is 336 g/mol. The maximum absolute atomic E-state index is 2.38. The average Bonchev–Trinajstić information content (AvgIpc) is 2.69. The first-order valence-electron chi connectivity index (χ1n) is 9.95. The SMILES string of the molecule is Cc1cc2cc3cc(C)c(C)c(-c4ccc5ccccc5c4)c3cc2cc1C. The van der Waals surface area contributed by atoms with E-state index in [0.717, 1.165) is 0 Å². The van der Waals surface area contributed by atoms with Gasteiger partial charge in [0.05, 0.1) is 0 Å². The number of hydrogen-bond donors (Lipinski definition) is 0. The Morgan fingerprint density at radius 3 is 1.86 bits per heavy atom. The minimum absolute atomic E-state index is 1.29. The lowest BCUT2D eigenvalue weighted by Crippen LogP contribution is -1.92. The van der Waals surface area contributed by atoms with Crippen molar-refractivity contribution in [1.82, 2.24) is 0 Å². The third-order valence-electron chi connectivity index (χ3n) is 6.27. The van der Waals surface area contributed by atoms with Gasteiger partial charge in [0.2, 0.25) is 0 Å².